The van der Waals surface area contributed by atoms with Crippen LogP contribution in [0.4, 0.5) is 4.39 Å². The van der Waals surface area contributed by atoms with Gasteiger partial charge >= 0.3 is 0 Å². The zero-order valence-corrected chi connectivity index (χ0v) is 18.6. The summed E-state index contributed by atoms with van der Waals surface area (Å²) >= 11 is 5.99. The number of ether oxygens (including phenoxy) is 3. The highest BCUT2D eigenvalue weighted by atomic mass is 35.5. The summed E-state index contributed by atoms with van der Waals surface area (Å²) in [5.41, 5.74) is 2.54. The van der Waals surface area contributed by atoms with Gasteiger partial charge in [0.25, 0.3) is 5.91 Å². The van der Waals surface area contributed by atoms with Gasteiger partial charge < -0.3 is 19.1 Å². The van der Waals surface area contributed by atoms with E-state index in [1.54, 1.807) is 55.5 Å². The molecule has 0 saturated carbocycles. The quantitative estimate of drug-likeness (QED) is 0.505. The summed E-state index contributed by atoms with van der Waals surface area (Å²) < 4.78 is 30.2. The van der Waals surface area contributed by atoms with Gasteiger partial charge in [-0.05, 0) is 78.2 Å². The summed E-state index contributed by atoms with van der Waals surface area (Å²) in [7, 11) is 3.17. The molecule has 3 aromatic carbocycles. The predicted octanol–water partition coefficient (Wildman–Crippen LogP) is 5.31. The maximum atomic E-state index is 13.4. The Labute approximate surface area is 191 Å². The largest absolute Gasteiger partial charge is 0.493 e. The molecular formula is C25H23ClFNO4. The van der Waals surface area contributed by atoms with Crippen molar-refractivity contribution >= 4 is 17.5 Å². The van der Waals surface area contributed by atoms with Crippen molar-refractivity contribution in [2.24, 2.45) is 0 Å². The molecule has 0 unspecified atom stereocenters. The van der Waals surface area contributed by atoms with Gasteiger partial charge in [0.05, 0.1) is 20.3 Å². The molecule has 1 aliphatic rings. The lowest BCUT2D eigenvalue weighted by atomic mass is 9.91. The minimum atomic E-state index is -0.369. The highest BCUT2D eigenvalue weighted by Gasteiger charge is 2.33. The van der Waals surface area contributed by atoms with Crippen molar-refractivity contribution < 1.29 is 23.4 Å². The lowest BCUT2D eigenvalue weighted by Crippen LogP contribution is -2.42. The standard InChI is InChI=1S/C25H23ClFNO4/c1-30-23-13-17-11-12-28(25(29)16-3-5-18(26)6-4-16)22(21(17)14-24(23)31-2)15-32-20-9-7-19(27)8-10-20/h3-10,13-14,22H,11-12,15H2,1-2H3/t22-/m1/s1. The maximum Gasteiger partial charge on any atom is 0.254 e. The van der Waals surface area contributed by atoms with Crippen LogP contribution in [0.5, 0.6) is 17.2 Å². The van der Waals surface area contributed by atoms with Crippen LogP contribution in [0.3, 0.4) is 0 Å². The molecule has 1 aliphatic heterocycles. The van der Waals surface area contributed by atoms with Gasteiger partial charge in [-0.15, -0.1) is 0 Å². The molecule has 4 rings (SSSR count). The van der Waals surface area contributed by atoms with Crippen LogP contribution >= 0.6 is 11.6 Å². The van der Waals surface area contributed by atoms with Crippen LogP contribution in [0.2, 0.25) is 5.02 Å². The Bertz CT molecular complexity index is 1100. The number of methoxy groups -OCH3 is 2. The number of amides is 1. The fraction of sp³-hybridized carbons (Fsp3) is 0.240. The first-order valence-corrected chi connectivity index (χ1v) is 10.6. The van der Waals surface area contributed by atoms with Crippen molar-refractivity contribution in [1.29, 1.82) is 0 Å². The van der Waals surface area contributed by atoms with E-state index in [0.29, 0.717) is 40.8 Å². The third kappa shape index (κ3) is 4.50. The first kappa shape index (κ1) is 22.0. The molecule has 0 aromatic heterocycles. The predicted molar refractivity (Wildman–Crippen MR) is 120 cm³/mol. The van der Waals surface area contributed by atoms with Gasteiger partial charge in [-0.25, -0.2) is 4.39 Å². The van der Waals surface area contributed by atoms with Crippen LogP contribution in [-0.4, -0.2) is 38.2 Å². The topological polar surface area (TPSA) is 48.0 Å². The van der Waals surface area contributed by atoms with Crippen LogP contribution in [0.25, 0.3) is 0 Å². The second-order valence-electron chi connectivity index (χ2n) is 7.44. The highest BCUT2D eigenvalue weighted by Crippen LogP contribution is 2.39. The fourth-order valence-corrected chi connectivity index (χ4v) is 4.04. The number of hydrogen-bond donors (Lipinski definition) is 0. The number of halogens is 2. The SMILES string of the molecule is COc1cc2c(cc1OC)[C@@H](COc1ccc(F)cc1)N(C(=O)c1ccc(Cl)cc1)CC2. The summed E-state index contributed by atoms with van der Waals surface area (Å²) in [6, 6.07) is 16.1. The molecule has 0 fully saturated rings. The maximum absolute atomic E-state index is 13.4. The van der Waals surface area contributed by atoms with Crippen molar-refractivity contribution in [2.75, 3.05) is 27.4 Å². The molecule has 166 valence electrons. The average molecular weight is 456 g/mol. The van der Waals surface area contributed by atoms with E-state index in [1.165, 1.54) is 12.1 Å². The van der Waals surface area contributed by atoms with E-state index in [-0.39, 0.29) is 24.4 Å². The van der Waals surface area contributed by atoms with Crippen molar-refractivity contribution in [3.63, 3.8) is 0 Å². The Balaban J connectivity index is 1.69. The molecule has 0 radical (unpaired) electrons. The summed E-state index contributed by atoms with van der Waals surface area (Å²) in [5.74, 6) is 1.30. The molecule has 1 amide bonds. The van der Waals surface area contributed by atoms with Crippen molar-refractivity contribution in [2.45, 2.75) is 12.5 Å². The van der Waals surface area contributed by atoms with Crippen molar-refractivity contribution in [3.05, 3.63) is 88.2 Å². The van der Waals surface area contributed by atoms with Gasteiger partial charge in [0, 0.05) is 17.1 Å². The summed E-state index contributed by atoms with van der Waals surface area (Å²) in [4.78, 5) is 15.2. The first-order chi connectivity index (χ1) is 15.5. The number of hydrogen-bond acceptors (Lipinski definition) is 4. The van der Waals surface area contributed by atoms with Gasteiger partial charge in [0.15, 0.2) is 11.5 Å². The molecule has 1 heterocycles. The zero-order valence-electron chi connectivity index (χ0n) is 17.8. The van der Waals surface area contributed by atoms with Gasteiger partial charge in [-0.3, -0.25) is 4.79 Å². The van der Waals surface area contributed by atoms with Gasteiger partial charge in [-0.2, -0.15) is 0 Å². The molecule has 0 aliphatic carbocycles. The number of fused-ring (bicyclic) bond motifs is 1. The normalized spacial score (nSPS) is 15.1. The van der Waals surface area contributed by atoms with E-state index in [2.05, 4.69) is 0 Å². The smallest absolute Gasteiger partial charge is 0.254 e. The van der Waals surface area contributed by atoms with E-state index < -0.39 is 0 Å². The third-order valence-electron chi connectivity index (χ3n) is 5.58. The Morgan fingerprint density at radius 1 is 1.03 bits per heavy atom. The van der Waals surface area contributed by atoms with Gasteiger partial charge in [0.2, 0.25) is 0 Å². The number of carbonyl (C=O) groups is 1. The molecule has 5 nitrogen and oxygen atoms in total. The molecular weight excluding hydrogens is 433 g/mol. The van der Waals surface area contributed by atoms with Crippen molar-refractivity contribution in [1.82, 2.24) is 4.90 Å². The van der Waals surface area contributed by atoms with Crippen LogP contribution in [0.1, 0.15) is 27.5 Å². The lowest BCUT2D eigenvalue weighted by Gasteiger charge is -2.37. The van der Waals surface area contributed by atoms with E-state index in [0.717, 1.165) is 11.1 Å². The minimum absolute atomic E-state index is 0.116. The monoisotopic (exact) mass is 455 g/mol. The Morgan fingerprint density at radius 2 is 1.69 bits per heavy atom. The van der Waals surface area contributed by atoms with E-state index in [1.807, 2.05) is 12.1 Å². The van der Waals surface area contributed by atoms with Crippen molar-refractivity contribution in [3.8, 4) is 17.2 Å². The summed E-state index contributed by atoms with van der Waals surface area (Å²) in [5, 5.41) is 0.568. The zero-order chi connectivity index (χ0) is 22.7. The molecule has 3 aromatic rings. The van der Waals surface area contributed by atoms with Crippen LogP contribution in [0.15, 0.2) is 60.7 Å². The molecule has 32 heavy (non-hydrogen) atoms. The summed E-state index contributed by atoms with van der Waals surface area (Å²) in [6.45, 7) is 0.717. The Hall–Kier alpha value is -3.25. The number of carbonyl (C=O) groups excluding carboxylic acids is 1. The third-order valence-corrected chi connectivity index (χ3v) is 5.83. The number of rotatable bonds is 6. The average Bonchev–Trinajstić information content (AvgIpc) is 2.82. The number of benzene rings is 3. The first-order valence-electron chi connectivity index (χ1n) is 10.2. The van der Waals surface area contributed by atoms with Crippen LogP contribution < -0.4 is 14.2 Å². The lowest BCUT2D eigenvalue weighted by molar-refractivity contribution is 0.0589. The molecule has 0 saturated heterocycles. The van der Waals surface area contributed by atoms with E-state index in [9.17, 15) is 9.18 Å². The Kier molecular flexibility index (Phi) is 6.51. The molecule has 7 heteroatoms. The number of nitrogens with zero attached hydrogens (tertiary/aromatic N) is 1. The summed E-state index contributed by atoms with van der Waals surface area (Å²) in [6.07, 6.45) is 0.669. The molecule has 0 spiro atoms. The second kappa shape index (κ2) is 9.49. The highest BCUT2D eigenvalue weighted by molar-refractivity contribution is 6.30. The molecule has 0 bridgehead atoms. The van der Waals surface area contributed by atoms with E-state index in [4.69, 9.17) is 25.8 Å². The van der Waals surface area contributed by atoms with Crippen LogP contribution in [-0.2, 0) is 6.42 Å². The van der Waals surface area contributed by atoms with Gasteiger partial charge in [0.1, 0.15) is 18.2 Å². The fourth-order valence-electron chi connectivity index (χ4n) is 3.92. The minimum Gasteiger partial charge on any atom is -0.493 e. The van der Waals surface area contributed by atoms with Crippen LogP contribution in [0, 0.1) is 5.82 Å². The van der Waals surface area contributed by atoms with Gasteiger partial charge in [-0.1, -0.05) is 11.6 Å². The molecule has 0 N–H and O–H groups in total. The molecule has 1 atom stereocenters. The Morgan fingerprint density at radius 3 is 2.34 bits per heavy atom. The second-order valence-corrected chi connectivity index (χ2v) is 7.88. The van der Waals surface area contributed by atoms with E-state index >= 15 is 0 Å².